The molecule has 98 valence electrons. The zero-order valence-electron chi connectivity index (χ0n) is 11.1. The Balaban J connectivity index is 3.10. The van der Waals surface area contributed by atoms with Crippen molar-refractivity contribution < 1.29 is 14.7 Å². The largest absolute Gasteiger partial charge is 0.478 e. The summed E-state index contributed by atoms with van der Waals surface area (Å²) in [4.78, 5) is 22.7. The topological polar surface area (TPSA) is 78.2 Å². The zero-order valence-corrected chi connectivity index (χ0v) is 11.1. The standard InChI is InChI=1S/C15H15NO3/c1-15(2,3)13(17)12(9-16)8-10-4-6-11(7-5-10)14(18)19/h4-8H,1-3H3,(H,18,19)/b12-8-. The van der Waals surface area contributed by atoms with Gasteiger partial charge < -0.3 is 5.11 Å². The molecule has 4 heteroatoms. The lowest BCUT2D eigenvalue weighted by atomic mass is 9.86. The van der Waals surface area contributed by atoms with Crippen LogP contribution in [0.2, 0.25) is 0 Å². The molecule has 0 unspecified atom stereocenters. The average molecular weight is 257 g/mol. The van der Waals surface area contributed by atoms with Gasteiger partial charge in [-0.25, -0.2) is 4.79 Å². The van der Waals surface area contributed by atoms with E-state index in [9.17, 15) is 9.59 Å². The minimum Gasteiger partial charge on any atom is -0.478 e. The summed E-state index contributed by atoms with van der Waals surface area (Å²) < 4.78 is 0. The maximum Gasteiger partial charge on any atom is 0.335 e. The van der Waals surface area contributed by atoms with Crippen molar-refractivity contribution in [1.29, 1.82) is 5.26 Å². The Kier molecular flexibility index (Phi) is 4.23. The molecule has 19 heavy (non-hydrogen) atoms. The van der Waals surface area contributed by atoms with Crippen LogP contribution in [0.4, 0.5) is 0 Å². The number of nitriles is 1. The van der Waals surface area contributed by atoms with E-state index in [1.54, 1.807) is 32.9 Å². The lowest BCUT2D eigenvalue weighted by molar-refractivity contribution is -0.121. The molecule has 0 radical (unpaired) electrons. The minimum atomic E-state index is -1.01. The summed E-state index contributed by atoms with van der Waals surface area (Å²) in [7, 11) is 0. The number of allylic oxidation sites excluding steroid dienone is 1. The van der Waals surface area contributed by atoms with Crippen molar-refractivity contribution in [3.05, 3.63) is 41.0 Å². The molecule has 0 saturated heterocycles. The van der Waals surface area contributed by atoms with E-state index in [-0.39, 0.29) is 16.9 Å². The first-order valence-corrected chi connectivity index (χ1v) is 5.75. The first kappa shape index (κ1) is 14.7. The van der Waals surface area contributed by atoms with E-state index < -0.39 is 11.4 Å². The number of Topliss-reactive ketones (excluding diaryl/α,β-unsaturated/α-hetero) is 1. The first-order chi connectivity index (χ1) is 8.75. The van der Waals surface area contributed by atoms with Gasteiger partial charge in [0.05, 0.1) is 11.1 Å². The zero-order chi connectivity index (χ0) is 14.6. The van der Waals surface area contributed by atoms with E-state index in [4.69, 9.17) is 10.4 Å². The number of carboxylic acid groups (broad SMARTS) is 1. The highest BCUT2D eigenvalue weighted by Gasteiger charge is 2.24. The van der Waals surface area contributed by atoms with Crippen LogP contribution in [-0.4, -0.2) is 16.9 Å². The molecule has 0 bridgehead atoms. The predicted molar refractivity (Wildman–Crippen MR) is 71.5 cm³/mol. The molecule has 0 atom stereocenters. The normalized spacial score (nSPS) is 11.8. The van der Waals surface area contributed by atoms with Gasteiger partial charge in [0, 0.05) is 5.41 Å². The van der Waals surface area contributed by atoms with E-state index in [2.05, 4.69) is 0 Å². The van der Waals surface area contributed by atoms with E-state index in [1.807, 2.05) is 6.07 Å². The van der Waals surface area contributed by atoms with Gasteiger partial charge in [0.2, 0.25) is 0 Å². The SMILES string of the molecule is CC(C)(C)C(=O)/C(C#N)=C\c1ccc(C(=O)O)cc1. The first-order valence-electron chi connectivity index (χ1n) is 5.75. The minimum absolute atomic E-state index is 0.0653. The predicted octanol–water partition coefficient (Wildman–Crippen LogP) is 2.91. The third-order valence-corrected chi connectivity index (χ3v) is 2.51. The number of ketones is 1. The van der Waals surface area contributed by atoms with Crippen molar-refractivity contribution in [2.45, 2.75) is 20.8 Å². The van der Waals surface area contributed by atoms with Crippen LogP contribution < -0.4 is 0 Å². The van der Waals surface area contributed by atoms with E-state index in [0.29, 0.717) is 5.56 Å². The number of hydrogen-bond donors (Lipinski definition) is 1. The summed E-state index contributed by atoms with van der Waals surface area (Å²) in [5, 5.41) is 17.8. The molecule has 1 N–H and O–H groups in total. The van der Waals surface area contributed by atoms with Crippen LogP contribution in [0.25, 0.3) is 6.08 Å². The molecule has 1 aromatic carbocycles. The van der Waals surface area contributed by atoms with Crippen molar-refractivity contribution in [2.75, 3.05) is 0 Å². The molecular weight excluding hydrogens is 242 g/mol. The van der Waals surface area contributed by atoms with Crippen LogP contribution in [0.1, 0.15) is 36.7 Å². The molecule has 0 saturated carbocycles. The van der Waals surface area contributed by atoms with Gasteiger partial charge in [0.15, 0.2) is 5.78 Å². The van der Waals surface area contributed by atoms with Gasteiger partial charge in [-0.1, -0.05) is 32.9 Å². The molecule has 0 aliphatic rings. The second-order valence-electron chi connectivity index (χ2n) is 5.18. The number of hydrogen-bond acceptors (Lipinski definition) is 3. The van der Waals surface area contributed by atoms with Gasteiger partial charge in [0.25, 0.3) is 0 Å². The second kappa shape index (κ2) is 5.49. The molecule has 0 aliphatic heterocycles. The molecule has 0 amide bonds. The number of carbonyl (C=O) groups is 2. The molecule has 1 rings (SSSR count). The molecule has 1 aromatic rings. The van der Waals surface area contributed by atoms with Gasteiger partial charge in [-0.15, -0.1) is 0 Å². The van der Waals surface area contributed by atoms with Crippen molar-refractivity contribution in [3.63, 3.8) is 0 Å². The number of carboxylic acids is 1. The van der Waals surface area contributed by atoms with Gasteiger partial charge in [-0.3, -0.25) is 4.79 Å². The number of aromatic carboxylic acids is 1. The van der Waals surface area contributed by atoms with Crippen molar-refractivity contribution in [2.24, 2.45) is 5.41 Å². The number of benzene rings is 1. The molecule has 0 aliphatic carbocycles. The third-order valence-electron chi connectivity index (χ3n) is 2.51. The van der Waals surface area contributed by atoms with Gasteiger partial charge in [-0.05, 0) is 23.8 Å². The summed E-state index contributed by atoms with van der Waals surface area (Å²) in [6, 6.07) is 7.89. The third kappa shape index (κ3) is 3.78. The highest BCUT2D eigenvalue weighted by atomic mass is 16.4. The van der Waals surface area contributed by atoms with Crippen LogP contribution in [0.3, 0.4) is 0 Å². The molecule has 0 aromatic heterocycles. The Morgan fingerprint density at radius 1 is 1.21 bits per heavy atom. The Bertz CT molecular complexity index is 569. The summed E-state index contributed by atoms with van der Waals surface area (Å²) in [5.74, 6) is -1.25. The van der Waals surface area contributed by atoms with Crippen LogP contribution in [0, 0.1) is 16.7 Å². The van der Waals surface area contributed by atoms with Crippen LogP contribution in [0.5, 0.6) is 0 Å². The quantitative estimate of drug-likeness (QED) is 0.667. The van der Waals surface area contributed by atoms with Crippen LogP contribution in [-0.2, 0) is 4.79 Å². The van der Waals surface area contributed by atoms with Crippen molar-refractivity contribution >= 4 is 17.8 Å². The Labute approximate surface area is 112 Å². The molecule has 0 heterocycles. The lowest BCUT2D eigenvalue weighted by Crippen LogP contribution is -2.21. The highest BCUT2D eigenvalue weighted by molar-refractivity contribution is 6.06. The second-order valence-corrected chi connectivity index (χ2v) is 5.18. The smallest absolute Gasteiger partial charge is 0.335 e. The average Bonchev–Trinajstić information content (AvgIpc) is 2.34. The maximum absolute atomic E-state index is 12.0. The lowest BCUT2D eigenvalue weighted by Gasteiger charge is -2.15. The van der Waals surface area contributed by atoms with E-state index in [1.165, 1.54) is 18.2 Å². The summed E-state index contributed by atoms with van der Waals surface area (Å²) in [5.41, 5.74) is 0.232. The number of rotatable bonds is 3. The Morgan fingerprint density at radius 3 is 2.11 bits per heavy atom. The molecular formula is C15H15NO3. The summed E-state index contributed by atoms with van der Waals surface area (Å²) >= 11 is 0. The van der Waals surface area contributed by atoms with E-state index in [0.717, 1.165) is 0 Å². The molecule has 4 nitrogen and oxygen atoms in total. The van der Waals surface area contributed by atoms with Gasteiger partial charge >= 0.3 is 5.97 Å². The number of carbonyl (C=O) groups excluding carboxylic acids is 1. The summed E-state index contributed by atoms with van der Waals surface area (Å²) in [6.45, 7) is 5.23. The Hall–Kier alpha value is -2.41. The maximum atomic E-state index is 12.0. The fraction of sp³-hybridized carbons (Fsp3) is 0.267. The molecule has 0 spiro atoms. The van der Waals surface area contributed by atoms with Gasteiger partial charge in [0.1, 0.15) is 6.07 Å². The number of nitrogens with zero attached hydrogens (tertiary/aromatic N) is 1. The molecule has 0 fully saturated rings. The fourth-order valence-electron chi connectivity index (χ4n) is 1.44. The van der Waals surface area contributed by atoms with Crippen LogP contribution >= 0.6 is 0 Å². The Morgan fingerprint density at radius 2 is 1.74 bits per heavy atom. The van der Waals surface area contributed by atoms with Gasteiger partial charge in [-0.2, -0.15) is 5.26 Å². The monoisotopic (exact) mass is 257 g/mol. The van der Waals surface area contributed by atoms with Crippen molar-refractivity contribution in [3.8, 4) is 6.07 Å². The van der Waals surface area contributed by atoms with E-state index >= 15 is 0 Å². The highest BCUT2D eigenvalue weighted by Crippen LogP contribution is 2.21. The van der Waals surface area contributed by atoms with Crippen molar-refractivity contribution in [1.82, 2.24) is 0 Å². The summed E-state index contributed by atoms with van der Waals surface area (Å²) in [6.07, 6.45) is 1.47. The fourth-order valence-corrected chi connectivity index (χ4v) is 1.44. The van der Waals surface area contributed by atoms with Crippen LogP contribution in [0.15, 0.2) is 29.8 Å².